The molecule has 0 saturated carbocycles. The van der Waals surface area contributed by atoms with Gasteiger partial charge in [-0.2, -0.15) is 0 Å². The van der Waals surface area contributed by atoms with Crippen molar-refractivity contribution in [1.29, 1.82) is 0 Å². The Balaban J connectivity index is 1.68. The van der Waals surface area contributed by atoms with E-state index in [0.29, 0.717) is 22.1 Å². The van der Waals surface area contributed by atoms with Crippen LogP contribution in [0.1, 0.15) is 31.0 Å². The molecule has 0 aliphatic heterocycles. The van der Waals surface area contributed by atoms with Gasteiger partial charge in [-0.15, -0.1) is 0 Å². The van der Waals surface area contributed by atoms with Gasteiger partial charge >= 0.3 is 0 Å². The van der Waals surface area contributed by atoms with Gasteiger partial charge in [-0.1, -0.05) is 37.7 Å². The number of nitrogens with zero attached hydrogens (tertiary/aromatic N) is 2. The van der Waals surface area contributed by atoms with Crippen LogP contribution in [0.15, 0.2) is 40.3 Å². The van der Waals surface area contributed by atoms with Crippen molar-refractivity contribution in [1.82, 2.24) is 14.5 Å². The summed E-state index contributed by atoms with van der Waals surface area (Å²) in [5, 5.41) is 3.39. The number of aromatic nitrogens is 3. The van der Waals surface area contributed by atoms with Crippen LogP contribution in [0.25, 0.3) is 11.0 Å². The lowest BCUT2D eigenvalue weighted by Gasteiger charge is -2.09. The number of nitrogens with one attached hydrogen (secondary N) is 2. The summed E-state index contributed by atoms with van der Waals surface area (Å²) < 4.78 is 1.47. The van der Waals surface area contributed by atoms with E-state index in [4.69, 9.17) is 0 Å². The van der Waals surface area contributed by atoms with Crippen molar-refractivity contribution >= 4 is 34.4 Å². The highest BCUT2D eigenvalue weighted by atomic mass is 32.2. The van der Waals surface area contributed by atoms with Gasteiger partial charge in [0, 0.05) is 18.4 Å². The highest BCUT2D eigenvalue weighted by Crippen LogP contribution is 2.19. The van der Waals surface area contributed by atoms with Crippen molar-refractivity contribution in [3.8, 4) is 0 Å². The van der Waals surface area contributed by atoms with Crippen molar-refractivity contribution in [2.75, 3.05) is 11.1 Å². The Morgan fingerprint density at radius 3 is 2.65 bits per heavy atom. The molecule has 2 heterocycles. The second kappa shape index (κ2) is 7.37. The largest absolute Gasteiger partial charge is 0.353 e. The van der Waals surface area contributed by atoms with E-state index in [-0.39, 0.29) is 17.2 Å². The molecule has 0 saturated heterocycles. The minimum Gasteiger partial charge on any atom is -0.353 e. The molecular formula is C19H22N4O2S. The van der Waals surface area contributed by atoms with Crippen LogP contribution in [0.4, 0.5) is 5.69 Å². The average molecular weight is 370 g/mol. The molecule has 7 heteroatoms. The summed E-state index contributed by atoms with van der Waals surface area (Å²) in [6, 6.07) is 9.67. The maximum Gasteiger partial charge on any atom is 0.278 e. The molecule has 0 radical (unpaired) electrons. The van der Waals surface area contributed by atoms with Gasteiger partial charge in [0.1, 0.15) is 5.52 Å². The van der Waals surface area contributed by atoms with Crippen molar-refractivity contribution in [3.05, 3.63) is 51.9 Å². The summed E-state index contributed by atoms with van der Waals surface area (Å²) >= 11 is 1.25. The molecule has 6 nitrogen and oxygen atoms in total. The molecule has 0 spiro atoms. The number of carbonyl (C=O) groups is 1. The average Bonchev–Trinajstić information content (AvgIpc) is 2.98. The molecular weight excluding hydrogens is 348 g/mol. The van der Waals surface area contributed by atoms with Gasteiger partial charge in [0.05, 0.1) is 11.3 Å². The third-order valence-corrected chi connectivity index (χ3v) is 5.18. The Morgan fingerprint density at radius 1 is 1.31 bits per heavy atom. The third kappa shape index (κ3) is 3.83. The number of hydrogen-bond acceptors (Lipinski definition) is 4. The smallest absolute Gasteiger partial charge is 0.278 e. The van der Waals surface area contributed by atoms with E-state index < -0.39 is 0 Å². The SMILES string of the molecule is Cc1cc2nc(SCC(=O)Nc3ccc(C(C)C)cc3)n(C)c(=O)c2[nH]1. The number of fused-ring (bicyclic) bond motifs is 1. The Morgan fingerprint density at radius 2 is 2.00 bits per heavy atom. The van der Waals surface area contributed by atoms with Crippen LogP contribution < -0.4 is 10.9 Å². The highest BCUT2D eigenvalue weighted by molar-refractivity contribution is 7.99. The van der Waals surface area contributed by atoms with Gasteiger partial charge < -0.3 is 10.3 Å². The Kier molecular flexibility index (Phi) is 5.18. The van der Waals surface area contributed by atoms with Crippen LogP contribution in [-0.2, 0) is 11.8 Å². The third-order valence-electron chi connectivity index (χ3n) is 4.15. The minimum atomic E-state index is -0.143. The fraction of sp³-hybridized carbons (Fsp3) is 0.316. The van der Waals surface area contributed by atoms with Crippen LogP contribution in [-0.4, -0.2) is 26.2 Å². The van der Waals surface area contributed by atoms with Gasteiger partial charge in [0.25, 0.3) is 5.56 Å². The quantitative estimate of drug-likeness (QED) is 0.533. The lowest BCUT2D eigenvalue weighted by molar-refractivity contribution is -0.113. The molecule has 2 aromatic heterocycles. The Hall–Kier alpha value is -2.54. The first-order valence-electron chi connectivity index (χ1n) is 8.44. The predicted molar refractivity (Wildman–Crippen MR) is 106 cm³/mol. The van der Waals surface area contributed by atoms with Gasteiger partial charge in [-0.3, -0.25) is 14.2 Å². The van der Waals surface area contributed by atoms with E-state index in [0.717, 1.165) is 11.4 Å². The van der Waals surface area contributed by atoms with Crippen LogP contribution in [0.3, 0.4) is 0 Å². The number of hydrogen-bond donors (Lipinski definition) is 2. The van der Waals surface area contributed by atoms with Crippen LogP contribution in [0.5, 0.6) is 0 Å². The lowest BCUT2D eigenvalue weighted by Crippen LogP contribution is -2.21. The van der Waals surface area contributed by atoms with Crippen molar-refractivity contribution < 1.29 is 4.79 Å². The fourth-order valence-corrected chi connectivity index (χ4v) is 3.44. The van der Waals surface area contributed by atoms with E-state index >= 15 is 0 Å². The summed E-state index contributed by atoms with van der Waals surface area (Å²) in [6.45, 7) is 6.14. The number of anilines is 1. The van der Waals surface area contributed by atoms with Gasteiger partial charge in [-0.05, 0) is 36.6 Å². The molecule has 0 bridgehead atoms. The van der Waals surface area contributed by atoms with Crippen molar-refractivity contribution in [3.63, 3.8) is 0 Å². The van der Waals surface area contributed by atoms with Gasteiger partial charge in [-0.25, -0.2) is 4.98 Å². The highest BCUT2D eigenvalue weighted by Gasteiger charge is 2.12. The second-order valence-electron chi connectivity index (χ2n) is 6.58. The predicted octanol–water partition coefficient (Wildman–Crippen LogP) is 3.42. The number of benzene rings is 1. The number of H-pyrrole nitrogens is 1. The zero-order valence-corrected chi connectivity index (χ0v) is 16.1. The van der Waals surface area contributed by atoms with Crippen LogP contribution in [0, 0.1) is 6.92 Å². The van der Waals surface area contributed by atoms with Crippen molar-refractivity contribution in [2.45, 2.75) is 31.8 Å². The first kappa shape index (κ1) is 18.3. The minimum absolute atomic E-state index is 0.133. The lowest BCUT2D eigenvalue weighted by atomic mass is 10.0. The summed E-state index contributed by atoms with van der Waals surface area (Å²) in [6.07, 6.45) is 0. The molecule has 1 amide bonds. The van der Waals surface area contributed by atoms with Crippen LogP contribution in [0.2, 0.25) is 0 Å². The first-order valence-corrected chi connectivity index (χ1v) is 9.42. The molecule has 1 aromatic carbocycles. The number of carbonyl (C=O) groups excluding carboxylic acids is 1. The fourth-order valence-electron chi connectivity index (χ4n) is 2.67. The molecule has 0 atom stereocenters. The molecule has 0 fully saturated rings. The normalized spacial score (nSPS) is 11.3. The number of thioether (sulfide) groups is 1. The van der Waals surface area contributed by atoms with Crippen LogP contribution >= 0.6 is 11.8 Å². The van der Waals surface area contributed by atoms with E-state index in [1.54, 1.807) is 7.05 Å². The molecule has 0 aliphatic rings. The molecule has 0 aliphatic carbocycles. The monoisotopic (exact) mass is 370 g/mol. The van der Waals surface area contributed by atoms with E-state index in [9.17, 15) is 9.59 Å². The topological polar surface area (TPSA) is 79.8 Å². The maximum absolute atomic E-state index is 12.4. The van der Waals surface area contributed by atoms with E-state index in [1.807, 2.05) is 37.3 Å². The zero-order chi connectivity index (χ0) is 18.8. The Bertz CT molecular complexity index is 1000. The van der Waals surface area contributed by atoms with Gasteiger partial charge in [0.15, 0.2) is 5.16 Å². The van der Waals surface area contributed by atoms with Crippen molar-refractivity contribution in [2.24, 2.45) is 7.05 Å². The molecule has 2 N–H and O–H groups in total. The summed E-state index contributed by atoms with van der Waals surface area (Å²) in [5.41, 5.74) is 3.84. The molecule has 136 valence electrons. The first-order chi connectivity index (χ1) is 12.3. The summed E-state index contributed by atoms with van der Waals surface area (Å²) in [7, 11) is 1.66. The number of rotatable bonds is 5. The number of amides is 1. The maximum atomic E-state index is 12.4. The van der Waals surface area contributed by atoms with E-state index in [1.165, 1.54) is 21.9 Å². The number of aryl methyl sites for hydroxylation is 1. The summed E-state index contributed by atoms with van der Waals surface area (Å²) in [4.78, 5) is 32.1. The molecule has 26 heavy (non-hydrogen) atoms. The molecule has 3 aromatic rings. The van der Waals surface area contributed by atoms with Gasteiger partial charge in [0.2, 0.25) is 5.91 Å². The van der Waals surface area contributed by atoms with E-state index in [2.05, 4.69) is 29.1 Å². The number of aromatic amines is 1. The zero-order valence-electron chi connectivity index (χ0n) is 15.3. The Labute approximate surface area is 156 Å². The standard InChI is InChI=1S/C19H22N4O2S/c1-11(2)13-5-7-14(8-6-13)21-16(24)10-26-19-22-15-9-12(3)20-17(15)18(25)23(19)4/h5-9,11,20H,10H2,1-4H3,(H,21,24). The molecule has 3 rings (SSSR count). The molecule has 0 unspecified atom stereocenters. The second-order valence-corrected chi connectivity index (χ2v) is 7.53. The summed E-state index contributed by atoms with van der Waals surface area (Å²) in [5.74, 6) is 0.503.